The van der Waals surface area contributed by atoms with E-state index < -0.39 is 0 Å². The Morgan fingerprint density at radius 2 is 1.74 bits per heavy atom. The summed E-state index contributed by atoms with van der Waals surface area (Å²) in [4.78, 5) is 6.90. The van der Waals surface area contributed by atoms with Crippen LogP contribution >= 0.6 is 0 Å². The molecule has 4 aromatic rings. The number of benzene rings is 2. The lowest BCUT2D eigenvalue weighted by Crippen LogP contribution is -2.29. The van der Waals surface area contributed by atoms with Crippen molar-refractivity contribution in [2.24, 2.45) is 0 Å². The molecular weight excluding hydrogens is 386 g/mol. The number of methoxy groups -OCH3 is 1. The van der Waals surface area contributed by atoms with E-state index in [1.54, 1.807) is 7.11 Å². The Morgan fingerprint density at radius 3 is 2.52 bits per heavy atom. The molecule has 0 radical (unpaired) electrons. The van der Waals surface area contributed by atoms with Crippen molar-refractivity contribution in [1.29, 1.82) is 0 Å². The highest BCUT2D eigenvalue weighted by atomic mass is 16.5. The molecule has 3 heterocycles. The summed E-state index contributed by atoms with van der Waals surface area (Å²) in [5, 5.41) is 8.08. The zero-order valence-corrected chi connectivity index (χ0v) is 18.0. The second kappa shape index (κ2) is 8.40. The van der Waals surface area contributed by atoms with E-state index in [1.807, 2.05) is 47.1 Å². The van der Waals surface area contributed by atoms with Gasteiger partial charge in [-0.25, -0.2) is 9.50 Å². The van der Waals surface area contributed by atoms with Crippen LogP contribution in [0.3, 0.4) is 0 Å². The van der Waals surface area contributed by atoms with Gasteiger partial charge >= 0.3 is 0 Å². The molecule has 2 aromatic heterocycles. The molecule has 2 aromatic carbocycles. The molecule has 1 aliphatic heterocycles. The predicted molar refractivity (Wildman–Crippen MR) is 124 cm³/mol. The molecular formula is C25H27N5O. The van der Waals surface area contributed by atoms with Crippen LogP contribution in [-0.4, -0.2) is 46.7 Å². The number of piperidine rings is 1. The van der Waals surface area contributed by atoms with E-state index in [0.29, 0.717) is 11.9 Å². The van der Waals surface area contributed by atoms with Gasteiger partial charge in [-0.15, -0.1) is 5.10 Å². The maximum absolute atomic E-state index is 5.54. The van der Waals surface area contributed by atoms with Gasteiger partial charge in [0.1, 0.15) is 5.75 Å². The third kappa shape index (κ3) is 3.99. The van der Waals surface area contributed by atoms with Gasteiger partial charge in [0.25, 0.3) is 0 Å². The van der Waals surface area contributed by atoms with Crippen LogP contribution in [0.5, 0.6) is 5.75 Å². The van der Waals surface area contributed by atoms with Crippen LogP contribution < -0.4 is 10.1 Å². The molecule has 0 bridgehead atoms. The van der Waals surface area contributed by atoms with Gasteiger partial charge in [-0.3, -0.25) is 0 Å². The standard InChI is InChI=1S/C25H27N5O/c1-29-15-13-19(14-16-29)18-7-9-20(10-8-18)27-25-26-17-21-11-12-23(30(21)28-25)22-5-3-4-6-24(22)31-2/h3-12,17,19H,13-16H2,1-2H3,(H,27,28). The molecule has 6 heteroatoms. The molecule has 0 aliphatic carbocycles. The average molecular weight is 414 g/mol. The summed E-state index contributed by atoms with van der Waals surface area (Å²) in [5.74, 6) is 2.04. The van der Waals surface area contributed by atoms with E-state index >= 15 is 0 Å². The molecule has 158 valence electrons. The Kier molecular flexibility index (Phi) is 5.30. The number of para-hydroxylation sites is 1. The lowest BCUT2D eigenvalue weighted by Gasteiger charge is -2.29. The van der Waals surface area contributed by atoms with Gasteiger partial charge in [-0.2, -0.15) is 0 Å². The first-order valence-corrected chi connectivity index (χ1v) is 10.7. The molecule has 0 saturated carbocycles. The van der Waals surface area contributed by atoms with Crippen molar-refractivity contribution in [2.75, 3.05) is 32.6 Å². The van der Waals surface area contributed by atoms with Crippen LogP contribution in [-0.2, 0) is 0 Å². The largest absolute Gasteiger partial charge is 0.496 e. The van der Waals surface area contributed by atoms with E-state index in [0.717, 1.165) is 28.2 Å². The zero-order valence-electron chi connectivity index (χ0n) is 18.0. The van der Waals surface area contributed by atoms with E-state index in [9.17, 15) is 0 Å². The first kappa shape index (κ1) is 19.6. The minimum Gasteiger partial charge on any atom is -0.496 e. The molecule has 1 N–H and O–H groups in total. The van der Waals surface area contributed by atoms with Crippen LogP contribution in [0.25, 0.3) is 16.8 Å². The Bertz CT molecular complexity index is 1180. The number of hydrogen-bond acceptors (Lipinski definition) is 5. The molecule has 1 fully saturated rings. The summed E-state index contributed by atoms with van der Waals surface area (Å²) in [5.41, 5.74) is 5.30. The van der Waals surface area contributed by atoms with Gasteiger partial charge in [0, 0.05) is 11.3 Å². The van der Waals surface area contributed by atoms with Crippen molar-refractivity contribution in [1.82, 2.24) is 19.5 Å². The highest BCUT2D eigenvalue weighted by molar-refractivity contribution is 5.72. The van der Waals surface area contributed by atoms with Crippen molar-refractivity contribution < 1.29 is 4.74 Å². The Labute approximate surface area is 182 Å². The minimum atomic E-state index is 0.562. The first-order valence-electron chi connectivity index (χ1n) is 10.7. The number of rotatable bonds is 5. The SMILES string of the molecule is COc1ccccc1-c1ccc2cnc(Nc3ccc(C4CCN(C)CC4)cc3)nn12. The molecule has 0 amide bonds. The normalized spacial score (nSPS) is 15.3. The number of aromatic nitrogens is 3. The fraction of sp³-hybridized carbons (Fsp3) is 0.280. The van der Waals surface area contributed by atoms with Crippen molar-refractivity contribution in [3.8, 4) is 17.0 Å². The van der Waals surface area contributed by atoms with Crippen LogP contribution in [0.4, 0.5) is 11.6 Å². The second-order valence-electron chi connectivity index (χ2n) is 8.16. The van der Waals surface area contributed by atoms with E-state index in [2.05, 4.69) is 46.5 Å². The number of fused-ring (bicyclic) bond motifs is 1. The third-order valence-electron chi connectivity index (χ3n) is 6.14. The highest BCUT2D eigenvalue weighted by Gasteiger charge is 2.18. The summed E-state index contributed by atoms with van der Waals surface area (Å²) < 4.78 is 7.44. The number of nitrogens with one attached hydrogen (secondary N) is 1. The monoisotopic (exact) mass is 413 g/mol. The lowest BCUT2D eigenvalue weighted by molar-refractivity contribution is 0.255. The summed E-state index contributed by atoms with van der Waals surface area (Å²) in [6.07, 6.45) is 4.28. The molecule has 1 aliphatic rings. The number of likely N-dealkylation sites (tertiary alicyclic amines) is 1. The molecule has 0 unspecified atom stereocenters. The maximum atomic E-state index is 5.54. The van der Waals surface area contributed by atoms with Crippen LogP contribution in [0.2, 0.25) is 0 Å². The molecule has 5 rings (SSSR count). The Morgan fingerprint density at radius 1 is 0.968 bits per heavy atom. The Balaban J connectivity index is 1.38. The molecule has 31 heavy (non-hydrogen) atoms. The molecule has 0 spiro atoms. The fourth-order valence-electron chi connectivity index (χ4n) is 4.33. The van der Waals surface area contributed by atoms with Gasteiger partial charge in [0.05, 0.1) is 24.5 Å². The summed E-state index contributed by atoms with van der Waals surface area (Å²) >= 11 is 0. The summed E-state index contributed by atoms with van der Waals surface area (Å²) in [6.45, 7) is 2.34. The number of hydrogen-bond donors (Lipinski definition) is 1. The van der Waals surface area contributed by atoms with Crippen molar-refractivity contribution in [3.05, 3.63) is 72.4 Å². The predicted octanol–water partition coefficient (Wildman–Crippen LogP) is 4.96. The van der Waals surface area contributed by atoms with E-state index in [-0.39, 0.29) is 0 Å². The molecule has 6 nitrogen and oxygen atoms in total. The van der Waals surface area contributed by atoms with E-state index in [1.165, 1.54) is 31.5 Å². The molecule has 1 saturated heterocycles. The molecule has 0 atom stereocenters. The smallest absolute Gasteiger partial charge is 0.245 e. The first-order chi connectivity index (χ1) is 15.2. The lowest BCUT2D eigenvalue weighted by atomic mass is 9.89. The van der Waals surface area contributed by atoms with Crippen molar-refractivity contribution in [2.45, 2.75) is 18.8 Å². The van der Waals surface area contributed by atoms with Gasteiger partial charge in [0.15, 0.2) is 0 Å². The minimum absolute atomic E-state index is 0.562. The second-order valence-corrected chi connectivity index (χ2v) is 8.16. The van der Waals surface area contributed by atoms with Gasteiger partial charge in [-0.05, 0) is 80.9 Å². The fourth-order valence-corrected chi connectivity index (χ4v) is 4.33. The summed E-state index contributed by atoms with van der Waals surface area (Å²) in [7, 11) is 3.88. The van der Waals surface area contributed by atoms with Crippen molar-refractivity contribution in [3.63, 3.8) is 0 Å². The summed E-state index contributed by atoms with van der Waals surface area (Å²) in [6, 6.07) is 20.7. The van der Waals surface area contributed by atoms with Gasteiger partial charge < -0.3 is 15.0 Å². The number of ether oxygens (including phenoxy) is 1. The quantitative estimate of drug-likeness (QED) is 0.501. The van der Waals surface area contributed by atoms with Gasteiger partial charge in [-0.1, -0.05) is 24.3 Å². The van der Waals surface area contributed by atoms with Crippen LogP contribution in [0.15, 0.2) is 66.9 Å². The van der Waals surface area contributed by atoms with E-state index in [4.69, 9.17) is 9.84 Å². The van der Waals surface area contributed by atoms with Crippen LogP contribution in [0, 0.1) is 0 Å². The Hall–Kier alpha value is -3.38. The maximum Gasteiger partial charge on any atom is 0.245 e. The van der Waals surface area contributed by atoms with Crippen molar-refractivity contribution >= 4 is 17.2 Å². The van der Waals surface area contributed by atoms with Crippen LogP contribution in [0.1, 0.15) is 24.3 Å². The van der Waals surface area contributed by atoms with Gasteiger partial charge in [0.2, 0.25) is 5.95 Å². The average Bonchev–Trinajstić information content (AvgIpc) is 3.23. The zero-order chi connectivity index (χ0) is 21.2. The third-order valence-corrected chi connectivity index (χ3v) is 6.14. The number of anilines is 2. The number of nitrogens with zero attached hydrogens (tertiary/aromatic N) is 4. The highest BCUT2D eigenvalue weighted by Crippen LogP contribution is 2.31. The topological polar surface area (TPSA) is 54.7 Å².